The van der Waals surface area contributed by atoms with Crippen molar-refractivity contribution in [2.45, 2.75) is 13.5 Å². The first-order chi connectivity index (χ1) is 8.97. The Morgan fingerprint density at radius 3 is 2.84 bits per heavy atom. The Hall–Kier alpha value is -1.59. The fourth-order valence-electron chi connectivity index (χ4n) is 1.67. The van der Waals surface area contributed by atoms with Crippen LogP contribution in [0.1, 0.15) is 20.8 Å². The van der Waals surface area contributed by atoms with E-state index in [-0.39, 0.29) is 5.56 Å². The van der Waals surface area contributed by atoms with Gasteiger partial charge in [-0.25, -0.2) is 4.39 Å². The zero-order valence-corrected chi connectivity index (χ0v) is 11.7. The van der Waals surface area contributed by atoms with E-state index in [1.165, 1.54) is 23.5 Å². The molecule has 2 rings (SSSR count). The third-order valence-corrected chi connectivity index (χ3v) is 3.80. The standard InChI is InChI=1S/C13H12ClFN2OS/c1-7-4-8(16)5-10(12(7)15)13(18)17-6-9-2-3-11(14)19-9/h2-5H,6,16H2,1H3,(H,17,18). The molecule has 0 saturated heterocycles. The number of nitrogens with two attached hydrogens (primary N) is 1. The van der Waals surface area contributed by atoms with Gasteiger partial charge in [0.2, 0.25) is 0 Å². The topological polar surface area (TPSA) is 55.1 Å². The van der Waals surface area contributed by atoms with Gasteiger partial charge in [-0.1, -0.05) is 11.6 Å². The predicted octanol–water partition coefficient (Wildman–Crippen LogP) is 3.36. The highest BCUT2D eigenvalue weighted by molar-refractivity contribution is 7.16. The van der Waals surface area contributed by atoms with Gasteiger partial charge in [-0.3, -0.25) is 4.79 Å². The number of carbonyl (C=O) groups is 1. The molecule has 0 aliphatic heterocycles. The van der Waals surface area contributed by atoms with Gasteiger partial charge in [-0.05, 0) is 36.8 Å². The summed E-state index contributed by atoms with van der Waals surface area (Å²) < 4.78 is 14.5. The van der Waals surface area contributed by atoms with E-state index < -0.39 is 11.7 Å². The van der Waals surface area contributed by atoms with E-state index in [9.17, 15) is 9.18 Å². The lowest BCUT2D eigenvalue weighted by atomic mass is 10.1. The summed E-state index contributed by atoms with van der Waals surface area (Å²) >= 11 is 7.16. The lowest BCUT2D eigenvalue weighted by molar-refractivity contribution is 0.0947. The first-order valence-electron chi connectivity index (χ1n) is 5.55. The Morgan fingerprint density at radius 1 is 1.47 bits per heavy atom. The highest BCUT2D eigenvalue weighted by atomic mass is 35.5. The van der Waals surface area contributed by atoms with Gasteiger partial charge in [-0.2, -0.15) is 0 Å². The molecule has 2 aromatic rings. The van der Waals surface area contributed by atoms with E-state index >= 15 is 0 Å². The molecule has 0 radical (unpaired) electrons. The van der Waals surface area contributed by atoms with Crippen LogP contribution in [0, 0.1) is 12.7 Å². The van der Waals surface area contributed by atoms with Crippen molar-refractivity contribution >= 4 is 34.5 Å². The second-order valence-corrected chi connectivity index (χ2v) is 5.89. The summed E-state index contributed by atoms with van der Waals surface area (Å²) in [7, 11) is 0. The number of nitrogens with one attached hydrogen (secondary N) is 1. The molecule has 3 nitrogen and oxygen atoms in total. The quantitative estimate of drug-likeness (QED) is 0.854. The van der Waals surface area contributed by atoms with Crippen molar-refractivity contribution in [3.8, 4) is 0 Å². The SMILES string of the molecule is Cc1cc(N)cc(C(=O)NCc2ccc(Cl)s2)c1F. The van der Waals surface area contributed by atoms with Crippen molar-refractivity contribution in [1.82, 2.24) is 5.32 Å². The van der Waals surface area contributed by atoms with Crippen molar-refractivity contribution in [2.75, 3.05) is 5.73 Å². The monoisotopic (exact) mass is 298 g/mol. The van der Waals surface area contributed by atoms with Crippen LogP contribution in [0.25, 0.3) is 0 Å². The van der Waals surface area contributed by atoms with Crippen LogP contribution in [0.2, 0.25) is 4.34 Å². The molecule has 0 aliphatic carbocycles. The Balaban J connectivity index is 2.12. The summed E-state index contributed by atoms with van der Waals surface area (Å²) in [5.41, 5.74) is 6.29. The third kappa shape index (κ3) is 3.24. The van der Waals surface area contributed by atoms with Gasteiger partial charge in [0.15, 0.2) is 0 Å². The molecule has 0 fully saturated rings. The minimum atomic E-state index is -0.545. The molecule has 1 heterocycles. The molecule has 0 bridgehead atoms. The molecule has 0 saturated carbocycles. The van der Waals surface area contributed by atoms with Gasteiger partial charge in [0, 0.05) is 10.6 Å². The van der Waals surface area contributed by atoms with E-state index in [2.05, 4.69) is 5.32 Å². The van der Waals surface area contributed by atoms with Crippen LogP contribution in [-0.2, 0) is 6.54 Å². The minimum absolute atomic E-state index is 0.0415. The number of aryl methyl sites for hydroxylation is 1. The largest absolute Gasteiger partial charge is 0.399 e. The number of anilines is 1. The lowest BCUT2D eigenvalue weighted by Gasteiger charge is -2.08. The number of benzene rings is 1. The van der Waals surface area contributed by atoms with Crippen LogP contribution >= 0.6 is 22.9 Å². The van der Waals surface area contributed by atoms with Crippen LogP contribution in [0.3, 0.4) is 0 Å². The number of hydrogen-bond acceptors (Lipinski definition) is 3. The van der Waals surface area contributed by atoms with Gasteiger partial charge in [0.25, 0.3) is 5.91 Å². The smallest absolute Gasteiger partial charge is 0.254 e. The summed E-state index contributed by atoms with van der Waals surface area (Å²) in [5, 5.41) is 2.64. The molecule has 0 unspecified atom stereocenters. The van der Waals surface area contributed by atoms with Crippen LogP contribution in [-0.4, -0.2) is 5.91 Å². The van der Waals surface area contributed by atoms with E-state index in [0.717, 1.165) is 4.88 Å². The van der Waals surface area contributed by atoms with E-state index in [0.29, 0.717) is 22.1 Å². The van der Waals surface area contributed by atoms with Gasteiger partial charge in [-0.15, -0.1) is 11.3 Å². The van der Waals surface area contributed by atoms with Crippen LogP contribution in [0.4, 0.5) is 10.1 Å². The molecule has 0 spiro atoms. The average molecular weight is 299 g/mol. The molecule has 1 aromatic heterocycles. The summed E-state index contributed by atoms with van der Waals surface area (Å²) in [6, 6.07) is 6.39. The number of amides is 1. The van der Waals surface area contributed by atoms with Crippen molar-refractivity contribution in [2.24, 2.45) is 0 Å². The second kappa shape index (κ2) is 5.59. The van der Waals surface area contributed by atoms with Crippen molar-refractivity contribution in [3.63, 3.8) is 0 Å². The number of hydrogen-bond donors (Lipinski definition) is 2. The number of rotatable bonds is 3. The van der Waals surface area contributed by atoms with Crippen LogP contribution in [0.15, 0.2) is 24.3 Å². The number of nitrogen functional groups attached to an aromatic ring is 1. The summed E-state index contributed by atoms with van der Waals surface area (Å²) in [4.78, 5) is 12.8. The molecule has 100 valence electrons. The summed E-state index contributed by atoms with van der Waals surface area (Å²) in [6.45, 7) is 1.88. The van der Waals surface area contributed by atoms with E-state index in [1.807, 2.05) is 6.07 Å². The molecule has 19 heavy (non-hydrogen) atoms. The Bertz CT molecular complexity index is 627. The molecule has 1 aromatic carbocycles. The number of carbonyl (C=O) groups excluding carboxylic acids is 1. The van der Waals surface area contributed by atoms with Gasteiger partial charge in [0.1, 0.15) is 5.82 Å². The maximum Gasteiger partial charge on any atom is 0.254 e. The fraction of sp³-hybridized carbons (Fsp3) is 0.154. The number of halogens is 2. The average Bonchev–Trinajstić information content (AvgIpc) is 2.76. The molecule has 3 N–H and O–H groups in total. The van der Waals surface area contributed by atoms with Gasteiger partial charge in [0.05, 0.1) is 16.4 Å². The molecular weight excluding hydrogens is 287 g/mol. The predicted molar refractivity (Wildman–Crippen MR) is 76.0 cm³/mol. The first-order valence-corrected chi connectivity index (χ1v) is 6.75. The van der Waals surface area contributed by atoms with Gasteiger partial charge < -0.3 is 11.1 Å². The molecule has 1 amide bonds. The fourth-order valence-corrected chi connectivity index (χ4v) is 2.70. The summed E-state index contributed by atoms with van der Waals surface area (Å²) in [6.07, 6.45) is 0. The van der Waals surface area contributed by atoms with E-state index in [4.69, 9.17) is 17.3 Å². The summed E-state index contributed by atoms with van der Waals surface area (Å²) in [5.74, 6) is -1.03. The third-order valence-electron chi connectivity index (χ3n) is 2.57. The van der Waals surface area contributed by atoms with Crippen molar-refractivity contribution < 1.29 is 9.18 Å². The zero-order valence-electron chi connectivity index (χ0n) is 10.2. The van der Waals surface area contributed by atoms with Crippen molar-refractivity contribution in [3.05, 3.63) is 50.4 Å². The van der Waals surface area contributed by atoms with E-state index in [1.54, 1.807) is 13.0 Å². The van der Waals surface area contributed by atoms with Crippen LogP contribution < -0.4 is 11.1 Å². The van der Waals surface area contributed by atoms with Crippen LogP contribution in [0.5, 0.6) is 0 Å². The highest BCUT2D eigenvalue weighted by Gasteiger charge is 2.14. The Labute approximate surface area is 119 Å². The molecule has 6 heteroatoms. The molecular formula is C13H12ClFN2OS. The molecule has 0 atom stereocenters. The number of thiophene rings is 1. The second-order valence-electron chi connectivity index (χ2n) is 4.09. The first kappa shape index (κ1) is 13.8. The normalized spacial score (nSPS) is 10.5. The zero-order chi connectivity index (χ0) is 14.0. The Kier molecular flexibility index (Phi) is 4.07. The molecule has 0 aliphatic rings. The maximum atomic E-state index is 13.8. The Morgan fingerprint density at radius 2 is 2.21 bits per heavy atom. The lowest BCUT2D eigenvalue weighted by Crippen LogP contribution is -2.23. The van der Waals surface area contributed by atoms with Crippen molar-refractivity contribution in [1.29, 1.82) is 0 Å². The maximum absolute atomic E-state index is 13.8. The minimum Gasteiger partial charge on any atom is -0.399 e. The highest BCUT2D eigenvalue weighted by Crippen LogP contribution is 2.21. The van der Waals surface area contributed by atoms with Gasteiger partial charge >= 0.3 is 0 Å².